The molecule has 0 aliphatic heterocycles. The molecule has 1 aromatic rings. The smallest absolute Gasteiger partial charge is 0.323 e. The van der Waals surface area contributed by atoms with Gasteiger partial charge in [-0.25, -0.2) is 9.78 Å². The van der Waals surface area contributed by atoms with E-state index in [1.807, 2.05) is 19.2 Å². The second kappa shape index (κ2) is 6.48. The summed E-state index contributed by atoms with van der Waals surface area (Å²) >= 11 is 1.49. The predicted molar refractivity (Wildman–Crippen MR) is 68.0 cm³/mol. The fourth-order valence-corrected chi connectivity index (χ4v) is 2.15. The fraction of sp³-hybridized carbons (Fsp3) is 0.636. The predicted octanol–water partition coefficient (Wildman–Crippen LogP) is 2.97. The highest BCUT2D eigenvalue weighted by Crippen LogP contribution is 2.16. The van der Waals surface area contributed by atoms with E-state index in [-0.39, 0.29) is 6.03 Å². The molecular weight excluding hydrogens is 222 g/mol. The van der Waals surface area contributed by atoms with Gasteiger partial charge in [0, 0.05) is 18.5 Å². The number of urea groups is 1. The van der Waals surface area contributed by atoms with Crippen molar-refractivity contribution in [1.82, 2.24) is 9.88 Å². The maximum Gasteiger partial charge on any atom is 0.323 e. The summed E-state index contributed by atoms with van der Waals surface area (Å²) in [5, 5.41) is 5.51. The van der Waals surface area contributed by atoms with E-state index in [1.165, 1.54) is 11.3 Å². The second-order valence-electron chi connectivity index (χ2n) is 3.50. The van der Waals surface area contributed by atoms with Crippen molar-refractivity contribution in [2.45, 2.75) is 33.6 Å². The molecule has 0 radical (unpaired) electrons. The Hall–Kier alpha value is -1.10. The van der Waals surface area contributed by atoms with Crippen molar-refractivity contribution in [2.75, 3.05) is 18.4 Å². The van der Waals surface area contributed by atoms with Gasteiger partial charge in [0.2, 0.25) is 0 Å². The Labute approximate surface area is 101 Å². The van der Waals surface area contributed by atoms with Gasteiger partial charge in [0.05, 0.1) is 5.69 Å². The average molecular weight is 241 g/mol. The second-order valence-corrected chi connectivity index (χ2v) is 4.35. The van der Waals surface area contributed by atoms with E-state index < -0.39 is 0 Å². The van der Waals surface area contributed by atoms with E-state index in [1.54, 1.807) is 4.90 Å². The van der Waals surface area contributed by atoms with Gasteiger partial charge in [0.1, 0.15) is 0 Å². The number of hydrogen-bond donors (Lipinski definition) is 1. The van der Waals surface area contributed by atoms with E-state index in [0.717, 1.165) is 31.6 Å². The molecule has 0 aliphatic rings. The number of carbonyl (C=O) groups is 1. The van der Waals surface area contributed by atoms with E-state index >= 15 is 0 Å². The van der Waals surface area contributed by atoms with Crippen LogP contribution >= 0.6 is 11.3 Å². The molecule has 16 heavy (non-hydrogen) atoms. The lowest BCUT2D eigenvalue weighted by Crippen LogP contribution is -2.34. The maximum atomic E-state index is 11.7. The molecule has 2 amide bonds. The molecule has 0 aromatic carbocycles. The first-order valence-corrected chi connectivity index (χ1v) is 6.59. The third-order valence-electron chi connectivity index (χ3n) is 2.32. The first-order chi connectivity index (χ1) is 7.71. The Morgan fingerprint density at radius 3 is 2.69 bits per heavy atom. The molecule has 1 N–H and O–H groups in total. The summed E-state index contributed by atoms with van der Waals surface area (Å²) in [5.41, 5.74) is 1.06. The molecule has 5 heteroatoms. The first kappa shape index (κ1) is 13.0. The standard InChI is InChI=1S/C11H19N3OS/c1-4-7-9-8-16-10(12-9)13-11(15)14(5-2)6-3/h8H,4-7H2,1-3H3,(H,12,13,15). The molecule has 0 saturated carbocycles. The van der Waals surface area contributed by atoms with Crippen LogP contribution in [0.5, 0.6) is 0 Å². The van der Waals surface area contributed by atoms with Crippen molar-refractivity contribution >= 4 is 22.5 Å². The number of anilines is 1. The molecule has 1 heterocycles. The Morgan fingerprint density at radius 2 is 2.12 bits per heavy atom. The van der Waals surface area contributed by atoms with Crippen LogP contribution in [0.25, 0.3) is 0 Å². The normalized spacial score (nSPS) is 10.2. The highest BCUT2D eigenvalue weighted by atomic mass is 32.1. The van der Waals surface area contributed by atoms with Crippen molar-refractivity contribution in [3.05, 3.63) is 11.1 Å². The van der Waals surface area contributed by atoms with Gasteiger partial charge in [-0.15, -0.1) is 11.3 Å². The van der Waals surface area contributed by atoms with Crippen LogP contribution in [-0.4, -0.2) is 29.0 Å². The zero-order chi connectivity index (χ0) is 12.0. The molecule has 90 valence electrons. The van der Waals surface area contributed by atoms with Crippen molar-refractivity contribution in [1.29, 1.82) is 0 Å². The van der Waals surface area contributed by atoms with Crippen LogP contribution in [-0.2, 0) is 6.42 Å². The molecule has 1 aromatic heterocycles. The number of carbonyl (C=O) groups excluding carboxylic acids is 1. The molecule has 1 rings (SSSR count). The topological polar surface area (TPSA) is 45.2 Å². The van der Waals surface area contributed by atoms with E-state index in [4.69, 9.17) is 0 Å². The minimum atomic E-state index is -0.0672. The third kappa shape index (κ3) is 3.48. The highest BCUT2D eigenvalue weighted by molar-refractivity contribution is 7.13. The molecule has 0 unspecified atom stereocenters. The Balaban J connectivity index is 2.55. The van der Waals surface area contributed by atoms with Crippen LogP contribution in [0.15, 0.2) is 5.38 Å². The Kier molecular flexibility index (Phi) is 5.25. The van der Waals surface area contributed by atoms with Gasteiger partial charge >= 0.3 is 6.03 Å². The van der Waals surface area contributed by atoms with E-state index in [0.29, 0.717) is 5.13 Å². The zero-order valence-electron chi connectivity index (χ0n) is 10.1. The van der Waals surface area contributed by atoms with Crippen LogP contribution in [0.4, 0.5) is 9.93 Å². The summed E-state index contributed by atoms with van der Waals surface area (Å²) < 4.78 is 0. The quantitative estimate of drug-likeness (QED) is 0.861. The minimum absolute atomic E-state index is 0.0672. The SMILES string of the molecule is CCCc1csc(NC(=O)N(CC)CC)n1. The Morgan fingerprint density at radius 1 is 1.44 bits per heavy atom. The van der Waals surface area contributed by atoms with Gasteiger partial charge in [-0.3, -0.25) is 5.32 Å². The van der Waals surface area contributed by atoms with E-state index in [9.17, 15) is 4.79 Å². The number of thiazole rings is 1. The number of aromatic nitrogens is 1. The minimum Gasteiger partial charge on any atom is -0.325 e. The largest absolute Gasteiger partial charge is 0.325 e. The van der Waals surface area contributed by atoms with Gasteiger partial charge < -0.3 is 4.90 Å². The number of hydrogen-bond acceptors (Lipinski definition) is 3. The molecule has 0 aliphatic carbocycles. The van der Waals surface area contributed by atoms with Crippen molar-refractivity contribution in [3.8, 4) is 0 Å². The molecule has 0 bridgehead atoms. The lowest BCUT2D eigenvalue weighted by molar-refractivity contribution is 0.217. The lowest BCUT2D eigenvalue weighted by atomic mass is 10.3. The molecule has 4 nitrogen and oxygen atoms in total. The molecule has 0 spiro atoms. The van der Waals surface area contributed by atoms with Crippen LogP contribution in [0.3, 0.4) is 0 Å². The third-order valence-corrected chi connectivity index (χ3v) is 3.13. The van der Waals surface area contributed by atoms with Crippen molar-refractivity contribution in [3.63, 3.8) is 0 Å². The first-order valence-electron chi connectivity index (χ1n) is 5.71. The summed E-state index contributed by atoms with van der Waals surface area (Å²) in [5.74, 6) is 0. The van der Waals surface area contributed by atoms with Gasteiger partial charge in [-0.1, -0.05) is 13.3 Å². The number of aryl methyl sites for hydroxylation is 1. The van der Waals surface area contributed by atoms with Crippen LogP contribution < -0.4 is 5.32 Å². The summed E-state index contributed by atoms with van der Waals surface area (Å²) in [6.45, 7) is 7.49. The number of rotatable bonds is 5. The van der Waals surface area contributed by atoms with Crippen LogP contribution in [0.2, 0.25) is 0 Å². The van der Waals surface area contributed by atoms with Crippen LogP contribution in [0, 0.1) is 0 Å². The van der Waals surface area contributed by atoms with Gasteiger partial charge in [-0.05, 0) is 20.3 Å². The molecule has 0 atom stereocenters. The highest BCUT2D eigenvalue weighted by Gasteiger charge is 2.11. The van der Waals surface area contributed by atoms with Crippen molar-refractivity contribution in [2.24, 2.45) is 0 Å². The monoisotopic (exact) mass is 241 g/mol. The van der Waals surface area contributed by atoms with Crippen molar-refractivity contribution < 1.29 is 4.79 Å². The summed E-state index contributed by atoms with van der Waals surface area (Å²) in [6.07, 6.45) is 2.05. The van der Waals surface area contributed by atoms with Crippen LogP contribution in [0.1, 0.15) is 32.9 Å². The molecule has 0 saturated heterocycles. The Bertz CT molecular complexity index is 334. The molecular formula is C11H19N3OS. The zero-order valence-corrected chi connectivity index (χ0v) is 10.9. The average Bonchev–Trinajstić information content (AvgIpc) is 2.68. The lowest BCUT2D eigenvalue weighted by Gasteiger charge is -2.17. The van der Waals surface area contributed by atoms with Gasteiger partial charge in [0.15, 0.2) is 5.13 Å². The summed E-state index contributed by atoms with van der Waals surface area (Å²) in [4.78, 5) is 17.8. The molecule has 0 fully saturated rings. The summed E-state index contributed by atoms with van der Waals surface area (Å²) in [7, 11) is 0. The van der Waals surface area contributed by atoms with Gasteiger partial charge in [-0.2, -0.15) is 0 Å². The number of nitrogens with zero attached hydrogens (tertiary/aromatic N) is 2. The van der Waals surface area contributed by atoms with Gasteiger partial charge in [0.25, 0.3) is 0 Å². The maximum absolute atomic E-state index is 11.7. The number of nitrogens with one attached hydrogen (secondary N) is 1. The fourth-order valence-electron chi connectivity index (χ4n) is 1.42. The summed E-state index contributed by atoms with van der Waals surface area (Å²) in [6, 6.07) is -0.0672. The van der Waals surface area contributed by atoms with E-state index in [2.05, 4.69) is 17.2 Å². The number of amides is 2.